The molecule has 0 saturated carbocycles. The Hall–Kier alpha value is -3.16. The van der Waals surface area contributed by atoms with Crippen molar-refractivity contribution in [3.63, 3.8) is 0 Å². The first-order chi connectivity index (χ1) is 13.4. The molecule has 0 aliphatic carbocycles. The van der Waals surface area contributed by atoms with Crippen LogP contribution in [-0.4, -0.2) is 59.4 Å². The van der Waals surface area contributed by atoms with Crippen LogP contribution in [0.1, 0.15) is 23.4 Å². The molecule has 1 aliphatic rings. The lowest BCUT2D eigenvalue weighted by molar-refractivity contribution is -0.145. The van der Waals surface area contributed by atoms with Gasteiger partial charge in [-0.3, -0.25) is 14.4 Å². The second kappa shape index (κ2) is 8.24. The average molecular weight is 388 g/mol. The summed E-state index contributed by atoms with van der Waals surface area (Å²) in [5.74, 6) is -2.22. The van der Waals surface area contributed by atoms with Crippen molar-refractivity contribution in [1.82, 2.24) is 9.80 Å². The third-order valence-corrected chi connectivity index (χ3v) is 4.87. The van der Waals surface area contributed by atoms with Gasteiger partial charge in [-0.05, 0) is 37.1 Å². The molecule has 0 atom stereocenters. The van der Waals surface area contributed by atoms with Crippen molar-refractivity contribution in [3.8, 4) is 11.3 Å². The second-order valence-electron chi connectivity index (χ2n) is 6.80. The molecule has 1 aromatic carbocycles. The van der Waals surface area contributed by atoms with E-state index in [1.165, 1.54) is 30.1 Å². The van der Waals surface area contributed by atoms with Gasteiger partial charge in [0.05, 0.1) is 18.0 Å². The van der Waals surface area contributed by atoms with Crippen molar-refractivity contribution in [2.45, 2.75) is 12.8 Å². The molecule has 148 valence electrons. The summed E-state index contributed by atoms with van der Waals surface area (Å²) >= 11 is 0. The minimum absolute atomic E-state index is 0.0122. The third-order valence-electron chi connectivity index (χ3n) is 4.87. The summed E-state index contributed by atoms with van der Waals surface area (Å²) in [7, 11) is 1.48. The monoisotopic (exact) mass is 388 g/mol. The molecule has 3 rings (SSSR count). The van der Waals surface area contributed by atoms with Crippen LogP contribution in [0.2, 0.25) is 0 Å². The van der Waals surface area contributed by atoms with Crippen molar-refractivity contribution >= 4 is 17.8 Å². The van der Waals surface area contributed by atoms with Crippen molar-refractivity contribution in [3.05, 3.63) is 48.0 Å². The minimum Gasteiger partial charge on any atom is -0.481 e. The largest absolute Gasteiger partial charge is 0.481 e. The lowest BCUT2D eigenvalue weighted by Gasteiger charge is -2.31. The third kappa shape index (κ3) is 4.21. The number of carbonyl (C=O) groups excluding carboxylic acids is 2. The van der Waals surface area contributed by atoms with Crippen LogP contribution in [0, 0.1) is 11.7 Å². The van der Waals surface area contributed by atoms with Gasteiger partial charge < -0.3 is 19.3 Å². The van der Waals surface area contributed by atoms with Crippen molar-refractivity contribution in [2.24, 2.45) is 5.92 Å². The first kappa shape index (κ1) is 19.6. The van der Waals surface area contributed by atoms with Crippen LogP contribution in [-0.2, 0) is 9.59 Å². The van der Waals surface area contributed by atoms with E-state index in [0.717, 1.165) is 0 Å². The van der Waals surface area contributed by atoms with Crippen LogP contribution in [0.25, 0.3) is 11.3 Å². The van der Waals surface area contributed by atoms with Gasteiger partial charge in [-0.15, -0.1) is 0 Å². The van der Waals surface area contributed by atoms with Crippen molar-refractivity contribution in [2.75, 3.05) is 26.7 Å². The van der Waals surface area contributed by atoms with Crippen LogP contribution in [0.3, 0.4) is 0 Å². The zero-order valence-electron chi connectivity index (χ0n) is 15.4. The number of aliphatic carboxylic acids is 1. The van der Waals surface area contributed by atoms with Gasteiger partial charge in [0.2, 0.25) is 5.91 Å². The molecule has 1 saturated heterocycles. The fourth-order valence-electron chi connectivity index (χ4n) is 3.20. The number of piperidine rings is 1. The molecule has 1 aliphatic heterocycles. The van der Waals surface area contributed by atoms with E-state index < -0.39 is 23.6 Å². The van der Waals surface area contributed by atoms with Gasteiger partial charge in [-0.1, -0.05) is 12.1 Å². The molecule has 1 aromatic heterocycles. The number of nitrogens with zero attached hydrogens (tertiary/aromatic N) is 2. The number of likely N-dealkylation sites (tertiary alicyclic amines) is 1. The van der Waals surface area contributed by atoms with Crippen LogP contribution in [0.15, 0.2) is 40.8 Å². The molecule has 28 heavy (non-hydrogen) atoms. The van der Waals surface area contributed by atoms with E-state index in [0.29, 0.717) is 25.9 Å². The molecule has 0 unspecified atom stereocenters. The number of carboxylic acid groups (broad SMARTS) is 1. The molecule has 1 fully saturated rings. The maximum atomic E-state index is 13.9. The number of furan rings is 1. The summed E-state index contributed by atoms with van der Waals surface area (Å²) in [6.45, 7) is 0.568. The fraction of sp³-hybridized carbons (Fsp3) is 0.350. The van der Waals surface area contributed by atoms with E-state index in [2.05, 4.69) is 0 Å². The number of benzene rings is 1. The Bertz CT molecular complexity index is 886. The van der Waals surface area contributed by atoms with Gasteiger partial charge in [0, 0.05) is 20.1 Å². The van der Waals surface area contributed by atoms with Crippen molar-refractivity contribution < 1.29 is 28.3 Å². The normalized spacial score (nSPS) is 14.7. The average Bonchev–Trinajstić information content (AvgIpc) is 3.17. The molecule has 1 N–H and O–H groups in total. The van der Waals surface area contributed by atoms with E-state index in [-0.39, 0.29) is 29.5 Å². The van der Waals surface area contributed by atoms with E-state index >= 15 is 0 Å². The highest BCUT2D eigenvalue weighted by atomic mass is 19.1. The Labute approximate surface area is 161 Å². The highest BCUT2D eigenvalue weighted by Crippen LogP contribution is 2.25. The number of carbonyl (C=O) groups is 3. The van der Waals surface area contributed by atoms with Gasteiger partial charge >= 0.3 is 5.97 Å². The Morgan fingerprint density at radius 3 is 2.50 bits per heavy atom. The van der Waals surface area contributed by atoms with Gasteiger partial charge in [-0.25, -0.2) is 4.39 Å². The predicted octanol–water partition coefficient (Wildman–Crippen LogP) is 2.48. The zero-order chi connectivity index (χ0) is 20.3. The van der Waals surface area contributed by atoms with Crippen LogP contribution in [0.5, 0.6) is 0 Å². The number of hydrogen-bond donors (Lipinski definition) is 1. The Balaban J connectivity index is 1.60. The van der Waals surface area contributed by atoms with Gasteiger partial charge in [0.15, 0.2) is 5.76 Å². The Morgan fingerprint density at radius 2 is 1.86 bits per heavy atom. The standard InChI is InChI=1S/C20H21FN2O5/c1-22(12-18(24)23-10-8-13(9-11-23)20(26)27)19(25)17-7-6-16(28-17)14-4-2-3-5-15(14)21/h2-7,13H,8-12H2,1H3,(H,26,27). The van der Waals surface area contributed by atoms with E-state index in [1.54, 1.807) is 23.1 Å². The first-order valence-electron chi connectivity index (χ1n) is 8.97. The first-order valence-corrected chi connectivity index (χ1v) is 8.97. The Morgan fingerprint density at radius 1 is 1.18 bits per heavy atom. The number of halogens is 1. The molecule has 8 heteroatoms. The summed E-state index contributed by atoms with van der Waals surface area (Å²) in [6, 6.07) is 9.04. The van der Waals surface area contributed by atoms with Gasteiger partial charge in [-0.2, -0.15) is 0 Å². The molecular formula is C20H21FN2O5. The topological polar surface area (TPSA) is 91.1 Å². The van der Waals surface area contributed by atoms with E-state index in [9.17, 15) is 18.8 Å². The highest BCUT2D eigenvalue weighted by Gasteiger charge is 2.28. The summed E-state index contributed by atoms with van der Waals surface area (Å²) < 4.78 is 19.3. The van der Waals surface area contributed by atoms with Crippen LogP contribution >= 0.6 is 0 Å². The molecule has 0 radical (unpaired) electrons. The molecule has 0 spiro atoms. The predicted molar refractivity (Wildman–Crippen MR) is 98.0 cm³/mol. The summed E-state index contributed by atoms with van der Waals surface area (Å²) in [4.78, 5) is 38.7. The van der Waals surface area contributed by atoms with E-state index in [4.69, 9.17) is 9.52 Å². The molecular weight excluding hydrogens is 367 g/mol. The maximum absolute atomic E-state index is 13.9. The second-order valence-corrected chi connectivity index (χ2v) is 6.80. The summed E-state index contributed by atoms with van der Waals surface area (Å²) in [5, 5.41) is 9.02. The van der Waals surface area contributed by atoms with Crippen molar-refractivity contribution in [1.29, 1.82) is 0 Å². The summed E-state index contributed by atoms with van der Waals surface area (Å²) in [6.07, 6.45) is 0.811. The SMILES string of the molecule is CN(CC(=O)N1CCC(C(=O)O)CC1)C(=O)c1ccc(-c2ccccc2F)o1. The number of carboxylic acids is 1. The molecule has 7 nitrogen and oxygen atoms in total. The lowest BCUT2D eigenvalue weighted by Crippen LogP contribution is -2.45. The number of amides is 2. The fourth-order valence-corrected chi connectivity index (χ4v) is 3.20. The number of hydrogen-bond acceptors (Lipinski definition) is 4. The van der Waals surface area contributed by atoms with Crippen LogP contribution in [0.4, 0.5) is 4.39 Å². The Kier molecular flexibility index (Phi) is 5.77. The quantitative estimate of drug-likeness (QED) is 0.850. The van der Waals surface area contributed by atoms with E-state index in [1.807, 2.05) is 0 Å². The zero-order valence-corrected chi connectivity index (χ0v) is 15.4. The molecule has 2 aromatic rings. The molecule has 2 heterocycles. The molecule has 2 amide bonds. The smallest absolute Gasteiger partial charge is 0.306 e. The number of likely N-dealkylation sites (N-methyl/N-ethyl adjacent to an activating group) is 1. The van der Waals surface area contributed by atoms with Gasteiger partial charge in [0.1, 0.15) is 11.6 Å². The summed E-state index contributed by atoms with van der Waals surface area (Å²) in [5.41, 5.74) is 0.251. The van der Waals surface area contributed by atoms with Crippen LogP contribution < -0.4 is 0 Å². The number of rotatable bonds is 5. The van der Waals surface area contributed by atoms with Gasteiger partial charge in [0.25, 0.3) is 5.91 Å². The maximum Gasteiger partial charge on any atom is 0.306 e. The molecule has 0 bridgehead atoms. The lowest BCUT2D eigenvalue weighted by atomic mass is 9.97. The highest BCUT2D eigenvalue weighted by molar-refractivity contribution is 5.94. The minimum atomic E-state index is -0.845.